The molecular formula is C10H17NO5. The smallest absolute Gasteiger partial charge is 0.326 e. The van der Waals surface area contributed by atoms with Crippen molar-refractivity contribution in [3.8, 4) is 0 Å². The second-order valence-electron chi connectivity index (χ2n) is 3.60. The zero-order valence-electron chi connectivity index (χ0n) is 9.40. The molecule has 0 rings (SSSR count). The van der Waals surface area contributed by atoms with Gasteiger partial charge in [-0.1, -0.05) is 19.8 Å². The van der Waals surface area contributed by atoms with Gasteiger partial charge in [-0.2, -0.15) is 0 Å². The molecule has 0 aromatic heterocycles. The van der Waals surface area contributed by atoms with Crippen molar-refractivity contribution in [1.29, 1.82) is 0 Å². The zero-order chi connectivity index (χ0) is 12.7. The minimum absolute atomic E-state index is 0.309. The molecule has 0 aliphatic rings. The number of unbranched alkanes of at least 4 members (excludes halogenated alkanes) is 1. The first-order valence-corrected chi connectivity index (χ1v) is 5.16. The molecule has 0 aromatic rings. The quantitative estimate of drug-likeness (QED) is 0.552. The molecule has 92 valence electrons. The Kier molecular flexibility index (Phi) is 6.14. The average Bonchev–Trinajstić information content (AvgIpc) is 2.21. The van der Waals surface area contributed by atoms with Crippen molar-refractivity contribution >= 4 is 17.8 Å². The summed E-state index contributed by atoms with van der Waals surface area (Å²) in [6, 6.07) is -1.01. The summed E-state index contributed by atoms with van der Waals surface area (Å²) in [5.74, 6) is -4.41. The van der Waals surface area contributed by atoms with Crippen LogP contribution >= 0.6 is 0 Å². The monoisotopic (exact) mass is 231 g/mol. The average molecular weight is 231 g/mol. The fourth-order valence-corrected chi connectivity index (χ4v) is 1.07. The van der Waals surface area contributed by atoms with Crippen LogP contribution < -0.4 is 5.32 Å². The molecule has 0 radical (unpaired) electrons. The lowest BCUT2D eigenvalue weighted by atomic mass is 10.1. The van der Waals surface area contributed by atoms with E-state index in [9.17, 15) is 14.4 Å². The van der Waals surface area contributed by atoms with Crippen LogP contribution in [-0.4, -0.2) is 34.1 Å². The molecule has 2 atom stereocenters. The molecule has 0 fully saturated rings. The van der Waals surface area contributed by atoms with E-state index in [0.29, 0.717) is 12.8 Å². The fourth-order valence-electron chi connectivity index (χ4n) is 1.07. The number of carboxylic acids is 2. The van der Waals surface area contributed by atoms with Crippen molar-refractivity contribution in [2.45, 2.75) is 39.2 Å². The Morgan fingerprint density at radius 3 is 2.12 bits per heavy atom. The van der Waals surface area contributed by atoms with E-state index in [-0.39, 0.29) is 0 Å². The number of hydrogen-bond acceptors (Lipinski definition) is 3. The molecule has 1 amide bonds. The summed E-state index contributed by atoms with van der Waals surface area (Å²) in [4.78, 5) is 32.6. The number of carbonyl (C=O) groups is 3. The summed E-state index contributed by atoms with van der Waals surface area (Å²) in [6.07, 6.45) is 1.79. The SMILES string of the molecule is CCCCC(NC(=O)C(C)C(=O)O)C(=O)O. The van der Waals surface area contributed by atoms with E-state index in [1.807, 2.05) is 6.92 Å². The van der Waals surface area contributed by atoms with Gasteiger partial charge in [-0.15, -0.1) is 0 Å². The number of carbonyl (C=O) groups excluding carboxylic acids is 1. The highest BCUT2D eigenvalue weighted by Gasteiger charge is 2.25. The highest BCUT2D eigenvalue weighted by atomic mass is 16.4. The Hall–Kier alpha value is -1.59. The molecule has 0 saturated carbocycles. The van der Waals surface area contributed by atoms with Gasteiger partial charge in [0.15, 0.2) is 0 Å². The molecule has 0 saturated heterocycles. The maximum atomic E-state index is 11.3. The van der Waals surface area contributed by atoms with Crippen molar-refractivity contribution in [2.24, 2.45) is 5.92 Å². The Morgan fingerprint density at radius 1 is 1.19 bits per heavy atom. The minimum atomic E-state index is -1.27. The van der Waals surface area contributed by atoms with Crippen LogP contribution in [0.25, 0.3) is 0 Å². The third-order valence-electron chi connectivity index (χ3n) is 2.22. The topological polar surface area (TPSA) is 104 Å². The van der Waals surface area contributed by atoms with E-state index in [2.05, 4.69) is 5.32 Å². The maximum Gasteiger partial charge on any atom is 0.326 e. The van der Waals surface area contributed by atoms with Crippen LogP contribution in [-0.2, 0) is 14.4 Å². The predicted octanol–water partition coefficient (Wildman–Crippen LogP) is 0.467. The summed E-state index contributed by atoms with van der Waals surface area (Å²) < 4.78 is 0. The van der Waals surface area contributed by atoms with Crippen LogP contribution in [0.2, 0.25) is 0 Å². The first-order valence-electron chi connectivity index (χ1n) is 5.16. The lowest BCUT2D eigenvalue weighted by molar-refractivity contribution is -0.149. The van der Waals surface area contributed by atoms with Crippen molar-refractivity contribution in [3.05, 3.63) is 0 Å². The van der Waals surface area contributed by atoms with Gasteiger partial charge in [-0.25, -0.2) is 4.79 Å². The lowest BCUT2D eigenvalue weighted by Gasteiger charge is -2.15. The van der Waals surface area contributed by atoms with Gasteiger partial charge in [0, 0.05) is 0 Å². The number of nitrogens with one attached hydrogen (secondary N) is 1. The van der Waals surface area contributed by atoms with E-state index in [1.54, 1.807) is 0 Å². The van der Waals surface area contributed by atoms with Crippen LogP contribution in [0, 0.1) is 5.92 Å². The molecule has 0 aliphatic carbocycles. The fraction of sp³-hybridized carbons (Fsp3) is 0.700. The Morgan fingerprint density at radius 2 is 1.75 bits per heavy atom. The van der Waals surface area contributed by atoms with E-state index in [4.69, 9.17) is 10.2 Å². The maximum absolute atomic E-state index is 11.3. The Labute approximate surface area is 93.6 Å². The second-order valence-corrected chi connectivity index (χ2v) is 3.60. The standard InChI is InChI=1S/C10H17NO5/c1-3-4-5-7(10(15)16)11-8(12)6(2)9(13)14/h6-7H,3-5H2,1-2H3,(H,11,12)(H,13,14)(H,15,16). The predicted molar refractivity (Wildman–Crippen MR) is 55.9 cm³/mol. The summed E-state index contributed by atoms with van der Waals surface area (Å²) in [6.45, 7) is 3.12. The van der Waals surface area contributed by atoms with Gasteiger partial charge in [-0.3, -0.25) is 9.59 Å². The largest absolute Gasteiger partial charge is 0.481 e. The van der Waals surface area contributed by atoms with Crippen LogP contribution in [0.4, 0.5) is 0 Å². The number of rotatable bonds is 7. The summed E-state index contributed by atoms with van der Waals surface area (Å²) in [5.41, 5.74) is 0. The van der Waals surface area contributed by atoms with Gasteiger partial charge < -0.3 is 15.5 Å². The van der Waals surface area contributed by atoms with Crippen LogP contribution in [0.1, 0.15) is 33.1 Å². The number of amides is 1. The van der Waals surface area contributed by atoms with Gasteiger partial charge in [0.1, 0.15) is 12.0 Å². The molecule has 0 aromatic carbocycles. The Bertz CT molecular complexity index is 276. The molecule has 2 unspecified atom stereocenters. The molecule has 0 spiro atoms. The molecule has 16 heavy (non-hydrogen) atoms. The zero-order valence-corrected chi connectivity index (χ0v) is 9.40. The van der Waals surface area contributed by atoms with Crippen molar-refractivity contribution < 1.29 is 24.6 Å². The van der Waals surface area contributed by atoms with Crippen molar-refractivity contribution in [1.82, 2.24) is 5.32 Å². The van der Waals surface area contributed by atoms with Crippen LogP contribution in [0.15, 0.2) is 0 Å². The lowest BCUT2D eigenvalue weighted by Crippen LogP contribution is -2.44. The van der Waals surface area contributed by atoms with E-state index >= 15 is 0 Å². The van der Waals surface area contributed by atoms with Crippen molar-refractivity contribution in [3.63, 3.8) is 0 Å². The summed E-state index contributed by atoms with van der Waals surface area (Å²) in [5, 5.41) is 19.6. The normalized spacial score (nSPS) is 13.9. The highest BCUT2D eigenvalue weighted by molar-refractivity contribution is 5.97. The first-order chi connectivity index (χ1) is 7.40. The molecule has 0 heterocycles. The molecule has 6 heteroatoms. The van der Waals surface area contributed by atoms with Crippen LogP contribution in [0.3, 0.4) is 0 Å². The van der Waals surface area contributed by atoms with Gasteiger partial charge >= 0.3 is 11.9 Å². The summed E-state index contributed by atoms with van der Waals surface area (Å²) >= 11 is 0. The van der Waals surface area contributed by atoms with E-state index in [1.165, 1.54) is 6.92 Å². The second kappa shape index (κ2) is 6.81. The summed E-state index contributed by atoms with van der Waals surface area (Å²) in [7, 11) is 0. The van der Waals surface area contributed by atoms with E-state index < -0.39 is 29.8 Å². The molecule has 0 aliphatic heterocycles. The number of aliphatic carboxylic acids is 2. The minimum Gasteiger partial charge on any atom is -0.481 e. The molecule has 0 bridgehead atoms. The molecular weight excluding hydrogens is 214 g/mol. The first kappa shape index (κ1) is 14.4. The molecule has 3 N–H and O–H groups in total. The van der Waals surface area contributed by atoms with Gasteiger partial charge in [0.2, 0.25) is 5.91 Å². The number of carboxylic acid groups (broad SMARTS) is 2. The van der Waals surface area contributed by atoms with Crippen LogP contribution in [0.5, 0.6) is 0 Å². The third-order valence-corrected chi connectivity index (χ3v) is 2.22. The van der Waals surface area contributed by atoms with Crippen molar-refractivity contribution in [2.75, 3.05) is 0 Å². The molecule has 6 nitrogen and oxygen atoms in total. The van der Waals surface area contributed by atoms with E-state index in [0.717, 1.165) is 6.42 Å². The van der Waals surface area contributed by atoms with Gasteiger partial charge in [0.25, 0.3) is 0 Å². The highest BCUT2D eigenvalue weighted by Crippen LogP contribution is 2.03. The van der Waals surface area contributed by atoms with Gasteiger partial charge in [0.05, 0.1) is 0 Å². The van der Waals surface area contributed by atoms with Gasteiger partial charge in [-0.05, 0) is 13.3 Å². The Balaban J connectivity index is 4.34. The third kappa shape index (κ3) is 4.77. The number of hydrogen-bond donors (Lipinski definition) is 3.